The zero-order chi connectivity index (χ0) is 12.3. The molecule has 0 saturated heterocycles. The number of benzene rings is 1. The summed E-state index contributed by atoms with van der Waals surface area (Å²) < 4.78 is 26.7. The molecule has 0 amide bonds. The molecule has 1 atom stereocenters. The van der Waals surface area contributed by atoms with Gasteiger partial charge in [0.15, 0.2) is 11.6 Å². The summed E-state index contributed by atoms with van der Waals surface area (Å²) in [6.45, 7) is 3.05. The highest BCUT2D eigenvalue weighted by Crippen LogP contribution is 2.34. The van der Waals surface area contributed by atoms with Gasteiger partial charge in [-0.15, -0.1) is 0 Å². The molecule has 17 heavy (non-hydrogen) atoms. The Morgan fingerprint density at radius 1 is 1.35 bits per heavy atom. The van der Waals surface area contributed by atoms with Gasteiger partial charge in [0, 0.05) is 6.04 Å². The molecule has 0 radical (unpaired) electrons. The fourth-order valence-corrected chi connectivity index (χ4v) is 2.18. The van der Waals surface area contributed by atoms with Crippen LogP contribution >= 0.6 is 0 Å². The molecule has 1 nitrogen and oxygen atoms in total. The van der Waals surface area contributed by atoms with Crippen molar-refractivity contribution in [1.82, 2.24) is 5.32 Å². The zero-order valence-electron chi connectivity index (χ0n) is 10.2. The molecule has 94 valence electrons. The average molecular weight is 239 g/mol. The first kappa shape index (κ1) is 12.5. The van der Waals surface area contributed by atoms with Gasteiger partial charge in [-0.3, -0.25) is 0 Å². The number of rotatable bonds is 6. The Hall–Kier alpha value is -0.960. The molecule has 0 aliphatic heterocycles. The Morgan fingerprint density at radius 2 is 2.12 bits per heavy atom. The summed E-state index contributed by atoms with van der Waals surface area (Å²) in [5, 5.41) is 3.44. The SMILES string of the molecule is CCCNC(Cc1cccc(F)c1F)C1CC1. The van der Waals surface area contributed by atoms with E-state index in [0.717, 1.165) is 13.0 Å². The van der Waals surface area contributed by atoms with E-state index in [1.165, 1.54) is 18.9 Å². The van der Waals surface area contributed by atoms with Crippen molar-refractivity contribution in [2.75, 3.05) is 6.54 Å². The van der Waals surface area contributed by atoms with Crippen LogP contribution in [0.15, 0.2) is 18.2 Å². The molecule has 0 spiro atoms. The highest BCUT2D eigenvalue weighted by atomic mass is 19.2. The predicted octanol–water partition coefficient (Wildman–Crippen LogP) is 3.29. The molecule has 0 bridgehead atoms. The van der Waals surface area contributed by atoms with Gasteiger partial charge in [-0.1, -0.05) is 19.1 Å². The molecule has 1 saturated carbocycles. The third-order valence-electron chi connectivity index (χ3n) is 3.32. The normalized spacial score (nSPS) is 17.1. The average Bonchev–Trinajstić information content (AvgIpc) is 3.14. The predicted molar refractivity (Wildman–Crippen MR) is 64.9 cm³/mol. The highest BCUT2D eigenvalue weighted by Gasteiger charge is 2.31. The third kappa shape index (κ3) is 3.25. The Labute approximate surface area is 101 Å². The Balaban J connectivity index is 2.03. The second-order valence-electron chi connectivity index (χ2n) is 4.82. The van der Waals surface area contributed by atoms with E-state index in [2.05, 4.69) is 12.2 Å². The molecule has 1 aromatic carbocycles. The minimum absolute atomic E-state index is 0.297. The molecule has 0 aromatic heterocycles. The molecule has 2 rings (SSSR count). The lowest BCUT2D eigenvalue weighted by molar-refractivity contribution is 0.441. The van der Waals surface area contributed by atoms with E-state index in [0.29, 0.717) is 23.9 Å². The minimum atomic E-state index is -0.743. The van der Waals surface area contributed by atoms with Crippen molar-refractivity contribution in [2.45, 2.75) is 38.6 Å². The van der Waals surface area contributed by atoms with Crippen LogP contribution < -0.4 is 5.32 Å². The second kappa shape index (κ2) is 5.58. The van der Waals surface area contributed by atoms with Gasteiger partial charge in [-0.25, -0.2) is 8.78 Å². The number of hydrogen-bond donors (Lipinski definition) is 1. The van der Waals surface area contributed by atoms with Crippen molar-refractivity contribution in [3.63, 3.8) is 0 Å². The lowest BCUT2D eigenvalue weighted by Gasteiger charge is -2.18. The summed E-state index contributed by atoms with van der Waals surface area (Å²) in [7, 11) is 0. The lowest BCUT2D eigenvalue weighted by atomic mass is 10.0. The molecule has 1 unspecified atom stereocenters. The molecular formula is C14H19F2N. The Kier molecular flexibility index (Phi) is 4.11. The summed E-state index contributed by atoms with van der Waals surface area (Å²) in [6, 6.07) is 4.73. The van der Waals surface area contributed by atoms with Gasteiger partial charge in [-0.2, -0.15) is 0 Å². The van der Waals surface area contributed by atoms with Gasteiger partial charge < -0.3 is 5.32 Å². The van der Waals surface area contributed by atoms with Gasteiger partial charge in [0.05, 0.1) is 0 Å². The third-order valence-corrected chi connectivity index (χ3v) is 3.32. The number of nitrogens with one attached hydrogen (secondary N) is 1. The van der Waals surface area contributed by atoms with Gasteiger partial charge in [0.25, 0.3) is 0 Å². The maximum atomic E-state index is 13.6. The van der Waals surface area contributed by atoms with Gasteiger partial charge in [-0.05, 0) is 49.8 Å². The minimum Gasteiger partial charge on any atom is -0.313 e. The summed E-state index contributed by atoms with van der Waals surface area (Å²) in [5.74, 6) is -0.784. The van der Waals surface area contributed by atoms with Crippen molar-refractivity contribution in [1.29, 1.82) is 0 Å². The molecule has 1 N–H and O–H groups in total. The summed E-state index contributed by atoms with van der Waals surface area (Å²) in [5.41, 5.74) is 0.491. The van der Waals surface area contributed by atoms with Crippen LogP contribution in [0.25, 0.3) is 0 Å². The van der Waals surface area contributed by atoms with E-state index in [4.69, 9.17) is 0 Å². The van der Waals surface area contributed by atoms with Crippen LogP contribution in [0.5, 0.6) is 0 Å². The summed E-state index contributed by atoms with van der Waals surface area (Å²) in [6.07, 6.45) is 4.07. The second-order valence-corrected chi connectivity index (χ2v) is 4.82. The maximum absolute atomic E-state index is 13.6. The molecule has 1 aromatic rings. The Morgan fingerprint density at radius 3 is 2.76 bits per heavy atom. The highest BCUT2D eigenvalue weighted by molar-refractivity contribution is 5.20. The first-order chi connectivity index (χ1) is 8.22. The zero-order valence-corrected chi connectivity index (χ0v) is 10.2. The van der Waals surface area contributed by atoms with Gasteiger partial charge in [0.2, 0.25) is 0 Å². The molecule has 3 heteroatoms. The van der Waals surface area contributed by atoms with E-state index in [-0.39, 0.29) is 0 Å². The van der Waals surface area contributed by atoms with E-state index >= 15 is 0 Å². The van der Waals surface area contributed by atoms with Crippen LogP contribution in [0.2, 0.25) is 0 Å². The van der Waals surface area contributed by atoms with Gasteiger partial charge >= 0.3 is 0 Å². The van der Waals surface area contributed by atoms with Crippen molar-refractivity contribution < 1.29 is 8.78 Å². The van der Waals surface area contributed by atoms with Crippen LogP contribution in [-0.2, 0) is 6.42 Å². The Bertz CT molecular complexity index is 374. The topological polar surface area (TPSA) is 12.0 Å². The standard InChI is InChI=1S/C14H19F2N/c1-2-8-17-13(10-6-7-10)9-11-4-3-5-12(15)14(11)16/h3-5,10,13,17H,2,6-9H2,1H3. The van der Waals surface area contributed by atoms with E-state index in [1.54, 1.807) is 12.1 Å². The number of hydrogen-bond acceptors (Lipinski definition) is 1. The van der Waals surface area contributed by atoms with Gasteiger partial charge in [0.1, 0.15) is 0 Å². The molecule has 0 heterocycles. The largest absolute Gasteiger partial charge is 0.313 e. The fraction of sp³-hybridized carbons (Fsp3) is 0.571. The first-order valence-electron chi connectivity index (χ1n) is 6.38. The smallest absolute Gasteiger partial charge is 0.162 e. The molecule has 1 aliphatic carbocycles. The van der Waals surface area contributed by atoms with Crippen molar-refractivity contribution in [3.05, 3.63) is 35.4 Å². The van der Waals surface area contributed by atoms with E-state index in [9.17, 15) is 8.78 Å². The van der Waals surface area contributed by atoms with Crippen LogP contribution in [0.3, 0.4) is 0 Å². The van der Waals surface area contributed by atoms with E-state index < -0.39 is 11.6 Å². The van der Waals surface area contributed by atoms with Crippen molar-refractivity contribution in [3.8, 4) is 0 Å². The fourth-order valence-electron chi connectivity index (χ4n) is 2.18. The van der Waals surface area contributed by atoms with Crippen LogP contribution in [0.1, 0.15) is 31.7 Å². The van der Waals surface area contributed by atoms with Crippen molar-refractivity contribution in [2.24, 2.45) is 5.92 Å². The first-order valence-corrected chi connectivity index (χ1v) is 6.38. The molecule has 1 fully saturated rings. The lowest BCUT2D eigenvalue weighted by Crippen LogP contribution is -2.34. The number of halogens is 2. The van der Waals surface area contributed by atoms with Crippen molar-refractivity contribution >= 4 is 0 Å². The summed E-state index contributed by atoms with van der Waals surface area (Å²) in [4.78, 5) is 0. The molecule has 1 aliphatic rings. The van der Waals surface area contributed by atoms with Crippen LogP contribution in [-0.4, -0.2) is 12.6 Å². The van der Waals surface area contributed by atoms with Crippen LogP contribution in [0.4, 0.5) is 8.78 Å². The molecular weight excluding hydrogens is 220 g/mol. The maximum Gasteiger partial charge on any atom is 0.162 e. The summed E-state index contributed by atoms with van der Waals surface area (Å²) >= 11 is 0. The van der Waals surface area contributed by atoms with Crippen LogP contribution in [0, 0.1) is 17.6 Å². The monoisotopic (exact) mass is 239 g/mol. The quantitative estimate of drug-likeness (QED) is 0.803. The van der Waals surface area contributed by atoms with E-state index in [1.807, 2.05) is 0 Å².